The van der Waals surface area contributed by atoms with E-state index >= 15 is 0 Å². The third-order valence-electron chi connectivity index (χ3n) is 5.70. The van der Waals surface area contributed by atoms with Crippen molar-refractivity contribution >= 4 is 22.6 Å². The van der Waals surface area contributed by atoms with Crippen LogP contribution in [0.15, 0.2) is 42.6 Å². The van der Waals surface area contributed by atoms with Gasteiger partial charge in [0, 0.05) is 36.8 Å². The Bertz CT molecular complexity index is 1090. The van der Waals surface area contributed by atoms with E-state index in [0.717, 1.165) is 59.6 Å². The number of rotatable bonds is 4. The molecule has 2 aromatic heterocycles. The van der Waals surface area contributed by atoms with Crippen LogP contribution in [0, 0.1) is 0 Å². The third-order valence-corrected chi connectivity index (χ3v) is 5.70. The summed E-state index contributed by atoms with van der Waals surface area (Å²) in [5.74, 6) is 0.456. The van der Waals surface area contributed by atoms with E-state index in [0.29, 0.717) is 18.8 Å². The lowest BCUT2D eigenvalue weighted by Crippen LogP contribution is -2.36. The number of morpholine rings is 1. The zero-order valence-corrected chi connectivity index (χ0v) is 16.6. The molecule has 8 heteroatoms. The molecule has 2 aliphatic rings. The van der Waals surface area contributed by atoms with Gasteiger partial charge in [0.2, 0.25) is 5.91 Å². The minimum Gasteiger partial charge on any atom is -0.378 e. The second kappa shape index (κ2) is 7.98. The number of nitrogens with zero attached hydrogens (tertiary/aromatic N) is 3. The van der Waals surface area contributed by atoms with Crippen molar-refractivity contribution in [3.63, 3.8) is 0 Å². The number of aromatic nitrogens is 2. The lowest BCUT2D eigenvalue weighted by Gasteiger charge is -2.29. The van der Waals surface area contributed by atoms with E-state index in [4.69, 9.17) is 15.5 Å². The van der Waals surface area contributed by atoms with E-state index in [9.17, 15) is 4.79 Å². The molecule has 2 saturated heterocycles. The fraction of sp³-hybridized carbons (Fsp3) is 0.318. The fourth-order valence-electron chi connectivity index (χ4n) is 4.14. The highest BCUT2D eigenvalue weighted by molar-refractivity contribution is 5.99. The van der Waals surface area contributed by atoms with E-state index in [-0.39, 0.29) is 6.04 Å². The molecule has 1 unspecified atom stereocenters. The van der Waals surface area contributed by atoms with E-state index in [1.165, 1.54) is 0 Å². The molecule has 1 amide bonds. The minimum absolute atomic E-state index is 0.103. The first kappa shape index (κ1) is 18.9. The van der Waals surface area contributed by atoms with Crippen molar-refractivity contribution in [1.29, 1.82) is 0 Å². The highest BCUT2D eigenvalue weighted by Crippen LogP contribution is 2.35. The van der Waals surface area contributed by atoms with E-state index in [1.807, 2.05) is 30.5 Å². The molecule has 4 N–H and O–H groups in total. The van der Waals surface area contributed by atoms with Gasteiger partial charge in [-0.2, -0.15) is 0 Å². The monoisotopic (exact) mass is 404 g/mol. The Morgan fingerprint density at radius 2 is 2.07 bits per heavy atom. The van der Waals surface area contributed by atoms with Gasteiger partial charge in [0.05, 0.1) is 30.5 Å². The lowest BCUT2D eigenvalue weighted by atomic mass is 9.97. The number of amides is 1. The Balaban J connectivity index is 1.72. The molecule has 2 aliphatic heterocycles. The molecule has 0 aliphatic carbocycles. The molecule has 1 aromatic carbocycles. The molecule has 4 heterocycles. The van der Waals surface area contributed by atoms with Gasteiger partial charge in [-0.3, -0.25) is 15.2 Å². The van der Waals surface area contributed by atoms with Gasteiger partial charge in [0.1, 0.15) is 5.82 Å². The molecule has 1 atom stereocenters. The van der Waals surface area contributed by atoms with E-state index in [1.54, 1.807) is 6.07 Å². The number of anilines is 1. The summed E-state index contributed by atoms with van der Waals surface area (Å²) in [6.45, 7) is 3.83. The summed E-state index contributed by atoms with van der Waals surface area (Å²) < 4.78 is 5.52. The molecule has 30 heavy (non-hydrogen) atoms. The number of hydrogen-bond acceptors (Lipinski definition) is 7. The second-order valence-corrected chi connectivity index (χ2v) is 7.58. The molecular weight excluding hydrogens is 380 g/mol. The van der Waals surface area contributed by atoms with Crippen LogP contribution in [0.3, 0.4) is 0 Å². The van der Waals surface area contributed by atoms with Crippen molar-refractivity contribution in [2.75, 3.05) is 37.7 Å². The van der Waals surface area contributed by atoms with Crippen molar-refractivity contribution in [3.05, 3.63) is 53.9 Å². The minimum atomic E-state index is -0.438. The number of benzene rings is 1. The van der Waals surface area contributed by atoms with Crippen molar-refractivity contribution in [2.45, 2.75) is 12.5 Å². The van der Waals surface area contributed by atoms with Crippen LogP contribution in [0.1, 0.15) is 28.5 Å². The maximum atomic E-state index is 11.8. The van der Waals surface area contributed by atoms with Gasteiger partial charge < -0.3 is 15.4 Å². The number of pyridine rings is 2. The van der Waals surface area contributed by atoms with Crippen LogP contribution in [0.4, 0.5) is 5.82 Å². The molecule has 0 radical (unpaired) electrons. The van der Waals surface area contributed by atoms with Crippen LogP contribution < -0.4 is 21.5 Å². The largest absolute Gasteiger partial charge is 0.378 e. The number of ether oxygens (including phenoxy) is 1. The summed E-state index contributed by atoms with van der Waals surface area (Å²) in [4.78, 5) is 23.7. The summed E-state index contributed by atoms with van der Waals surface area (Å²) in [6, 6.07) is 11.6. The maximum absolute atomic E-state index is 11.8. The summed E-state index contributed by atoms with van der Waals surface area (Å²) in [7, 11) is 0. The summed E-state index contributed by atoms with van der Waals surface area (Å²) in [6.07, 6.45) is 2.78. The number of carbonyl (C=O) groups excluding carboxylic acids is 1. The first-order chi connectivity index (χ1) is 14.7. The Kier molecular flexibility index (Phi) is 5.04. The SMILES string of the molecule is NC(=O)c1cccc(-c2cc(N3CCOCC3)nc3c(C4CCNN4)nccc23)c1. The zero-order valence-electron chi connectivity index (χ0n) is 16.6. The highest BCUT2D eigenvalue weighted by atomic mass is 16.5. The molecule has 2 fully saturated rings. The predicted octanol–water partition coefficient (Wildman–Crippen LogP) is 1.77. The van der Waals surface area contributed by atoms with Gasteiger partial charge in [-0.05, 0) is 41.8 Å². The molecule has 8 nitrogen and oxygen atoms in total. The van der Waals surface area contributed by atoms with Gasteiger partial charge >= 0.3 is 0 Å². The Morgan fingerprint density at radius 1 is 1.20 bits per heavy atom. The number of nitrogens with one attached hydrogen (secondary N) is 2. The van der Waals surface area contributed by atoms with Gasteiger partial charge in [0.25, 0.3) is 0 Å². The van der Waals surface area contributed by atoms with Crippen LogP contribution in [0.5, 0.6) is 0 Å². The van der Waals surface area contributed by atoms with Gasteiger partial charge in [-0.1, -0.05) is 12.1 Å². The summed E-state index contributed by atoms with van der Waals surface area (Å²) >= 11 is 0. The van der Waals surface area contributed by atoms with Crippen molar-refractivity contribution < 1.29 is 9.53 Å². The summed E-state index contributed by atoms with van der Waals surface area (Å²) in [5.41, 5.74) is 16.3. The molecule has 0 bridgehead atoms. The van der Waals surface area contributed by atoms with E-state index in [2.05, 4.69) is 26.8 Å². The lowest BCUT2D eigenvalue weighted by molar-refractivity contribution is 0.100. The third kappa shape index (κ3) is 3.49. The molecule has 0 spiro atoms. The zero-order chi connectivity index (χ0) is 20.5. The number of primary amides is 1. The topological polar surface area (TPSA) is 105 Å². The highest BCUT2D eigenvalue weighted by Gasteiger charge is 2.23. The van der Waals surface area contributed by atoms with E-state index < -0.39 is 5.91 Å². The quantitative estimate of drug-likeness (QED) is 0.609. The Hall–Kier alpha value is -3.07. The predicted molar refractivity (Wildman–Crippen MR) is 115 cm³/mol. The van der Waals surface area contributed by atoms with Crippen molar-refractivity contribution in [1.82, 2.24) is 20.8 Å². The van der Waals surface area contributed by atoms with Crippen molar-refractivity contribution in [2.24, 2.45) is 5.73 Å². The van der Waals surface area contributed by atoms with Gasteiger partial charge in [-0.15, -0.1) is 0 Å². The average Bonchev–Trinajstić information content (AvgIpc) is 3.33. The van der Waals surface area contributed by atoms with Crippen LogP contribution in [-0.2, 0) is 4.74 Å². The standard InChI is InChI=1S/C22H24N6O2/c23-22(29)15-3-1-2-14(12-15)17-13-19(28-8-10-30-11-9-28)26-20-16(17)4-6-24-21(20)18-5-7-25-27-18/h1-4,6,12-13,18,25,27H,5,7-11H2,(H2,23,29). The molecule has 3 aromatic rings. The molecule has 5 rings (SSSR count). The molecular formula is C22H24N6O2. The maximum Gasteiger partial charge on any atom is 0.248 e. The first-order valence-electron chi connectivity index (χ1n) is 10.2. The van der Waals surface area contributed by atoms with Gasteiger partial charge in [0.15, 0.2) is 0 Å². The Labute approximate surface area is 174 Å². The first-order valence-corrected chi connectivity index (χ1v) is 10.2. The smallest absolute Gasteiger partial charge is 0.248 e. The number of fused-ring (bicyclic) bond motifs is 1. The van der Waals surface area contributed by atoms with Crippen LogP contribution in [0.25, 0.3) is 22.0 Å². The summed E-state index contributed by atoms with van der Waals surface area (Å²) in [5, 5.41) is 1.01. The van der Waals surface area contributed by atoms with Gasteiger partial charge in [-0.25, -0.2) is 10.4 Å². The van der Waals surface area contributed by atoms with Crippen LogP contribution in [0.2, 0.25) is 0 Å². The fourth-order valence-corrected chi connectivity index (χ4v) is 4.14. The van der Waals surface area contributed by atoms with Crippen LogP contribution in [-0.4, -0.2) is 48.7 Å². The Morgan fingerprint density at radius 3 is 2.83 bits per heavy atom. The van der Waals surface area contributed by atoms with Crippen LogP contribution >= 0.6 is 0 Å². The normalized spacial score (nSPS) is 19.3. The number of hydrogen-bond donors (Lipinski definition) is 3. The second-order valence-electron chi connectivity index (χ2n) is 7.58. The number of carbonyl (C=O) groups is 1. The molecule has 154 valence electrons. The number of hydrazine groups is 1. The van der Waals surface area contributed by atoms with Crippen molar-refractivity contribution in [3.8, 4) is 11.1 Å². The average molecular weight is 404 g/mol. The number of nitrogens with two attached hydrogens (primary N) is 1. The molecule has 0 saturated carbocycles.